The molecule has 0 spiro atoms. The summed E-state index contributed by atoms with van der Waals surface area (Å²) in [6, 6.07) is 3.99. The van der Waals surface area contributed by atoms with Crippen LogP contribution in [0.15, 0.2) is 30.5 Å². The predicted octanol–water partition coefficient (Wildman–Crippen LogP) is 4.96. The number of nitrogens with zero attached hydrogens (tertiary/aromatic N) is 1. The number of anilines is 1. The van der Waals surface area contributed by atoms with Crippen molar-refractivity contribution in [3.8, 4) is 5.75 Å². The summed E-state index contributed by atoms with van der Waals surface area (Å²) < 4.78 is 109. The van der Waals surface area contributed by atoms with Crippen LogP contribution in [0.4, 0.5) is 36.4 Å². The average Bonchev–Trinajstić information content (AvgIpc) is 3.10. The molecule has 2 aromatic rings. The Kier molecular flexibility index (Phi) is 7.30. The largest absolute Gasteiger partial charge is 0.490 e. The topological polar surface area (TPSA) is 104 Å². The third-order valence-corrected chi connectivity index (χ3v) is 7.28. The molecule has 1 saturated carbocycles. The van der Waals surface area contributed by atoms with Crippen molar-refractivity contribution in [3.05, 3.63) is 53.4 Å². The summed E-state index contributed by atoms with van der Waals surface area (Å²) in [6.45, 7) is 1.43. The van der Waals surface area contributed by atoms with Gasteiger partial charge in [0.05, 0.1) is 6.61 Å². The molecule has 4 atom stereocenters. The van der Waals surface area contributed by atoms with Crippen LogP contribution in [0.25, 0.3) is 0 Å². The van der Waals surface area contributed by atoms with Crippen LogP contribution in [0.2, 0.25) is 0 Å². The Labute approximate surface area is 217 Å². The number of carbonyl (C=O) groups is 2. The predicted molar refractivity (Wildman–Crippen MR) is 122 cm³/mol. The number of pyridine rings is 1. The molecule has 1 aliphatic heterocycles. The van der Waals surface area contributed by atoms with Gasteiger partial charge in [-0.25, -0.2) is 13.2 Å². The molecule has 1 saturated heterocycles. The number of halogens is 7. The highest BCUT2D eigenvalue weighted by Crippen LogP contribution is 2.55. The number of carbonyl (C=O) groups excluding carboxylic acids is 2. The van der Waals surface area contributed by atoms with Gasteiger partial charge in [0.25, 0.3) is 11.8 Å². The van der Waals surface area contributed by atoms with Crippen molar-refractivity contribution in [3.63, 3.8) is 0 Å². The molecule has 2 heterocycles. The molecular weight excluding hydrogens is 539 g/mol. The Morgan fingerprint density at radius 1 is 1.21 bits per heavy atom. The van der Waals surface area contributed by atoms with E-state index in [1.807, 2.05) is 0 Å². The molecule has 0 unspecified atom stereocenters. The van der Waals surface area contributed by atoms with Gasteiger partial charge in [-0.3, -0.25) is 14.6 Å². The average molecular weight is 563 g/mol. The first-order valence-electron chi connectivity index (χ1n) is 11.8. The summed E-state index contributed by atoms with van der Waals surface area (Å²) in [5.41, 5.74) is 1.71. The summed E-state index contributed by atoms with van der Waals surface area (Å²) in [4.78, 5) is 28.4. The number of alkyl halides is 5. The standard InChI is InChI=1S/C25H24F7N3O4/c1-11-17(14-3-4-15(26)18(27)19(14)38-10-12-8-24(28,29)9-12)20(39-23(11,2)25(30,31)32)22(37)35-13-5-6-34-16(7-13)21(33)36/h3-7,11-12,17,20H,8-10H2,1-2H3,(H2,33,36)(H,34,35,37)/t11-,17+,20+,23-/m1/s1. The van der Waals surface area contributed by atoms with E-state index in [2.05, 4.69) is 10.3 Å². The molecule has 2 aliphatic rings. The number of rotatable bonds is 7. The summed E-state index contributed by atoms with van der Waals surface area (Å²) in [5.74, 6) is -12.3. The fraction of sp³-hybridized carbons (Fsp3) is 0.480. The minimum atomic E-state index is -4.98. The van der Waals surface area contributed by atoms with E-state index in [1.54, 1.807) is 0 Å². The van der Waals surface area contributed by atoms with Crippen LogP contribution in [0, 0.1) is 23.5 Å². The van der Waals surface area contributed by atoms with E-state index in [9.17, 15) is 40.3 Å². The molecule has 1 aromatic heterocycles. The summed E-state index contributed by atoms with van der Waals surface area (Å²) in [5, 5.41) is 2.34. The van der Waals surface area contributed by atoms with Gasteiger partial charge in [0.2, 0.25) is 11.7 Å². The van der Waals surface area contributed by atoms with Gasteiger partial charge in [-0.1, -0.05) is 13.0 Å². The third kappa shape index (κ3) is 5.38. The normalized spacial score (nSPS) is 26.6. The Morgan fingerprint density at radius 2 is 1.87 bits per heavy atom. The first-order chi connectivity index (χ1) is 18.0. The first-order valence-corrected chi connectivity index (χ1v) is 11.8. The SMILES string of the molecule is C[C@@H]1[C@@H](c2ccc(F)c(F)c2OCC2CC(F)(F)C2)[C@@H](C(=O)Nc2ccnc(C(N)=O)c2)O[C@@]1(C)C(F)(F)F. The van der Waals surface area contributed by atoms with E-state index in [1.165, 1.54) is 6.07 Å². The maximum absolute atomic E-state index is 14.9. The number of hydrogen-bond donors (Lipinski definition) is 2. The highest BCUT2D eigenvalue weighted by Gasteiger charge is 2.66. The number of nitrogens with two attached hydrogens (primary N) is 1. The molecule has 2 amide bonds. The lowest BCUT2D eigenvalue weighted by Gasteiger charge is -2.35. The van der Waals surface area contributed by atoms with Gasteiger partial charge in [-0.2, -0.15) is 17.6 Å². The molecule has 1 aromatic carbocycles. The van der Waals surface area contributed by atoms with Crippen molar-refractivity contribution in [2.24, 2.45) is 17.6 Å². The van der Waals surface area contributed by atoms with Crippen LogP contribution in [0.5, 0.6) is 5.75 Å². The van der Waals surface area contributed by atoms with Crippen LogP contribution >= 0.6 is 0 Å². The lowest BCUT2D eigenvalue weighted by atomic mass is 9.76. The van der Waals surface area contributed by atoms with Gasteiger partial charge in [-0.15, -0.1) is 0 Å². The highest BCUT2D eigenvalue weighted by molar-refractivity contribution is 5.97. The van der Waals surface area contributed by atoms with Crippen LogP contribution in [-0.2, 0) is 9.53 Å². The molecule has 7 nitrogen and oxygen atoms in total. The number of aromatic nitrogens is 1. The van der Waals surface area contributed by atoms with E-state index >= 15 is 0 Å². The van der Waals surface area contributed by atoms with E-state index < -0.39 is 90.2 Å². The van der Waals surface area contributed by atoms with Crippen LogP contribution in [-0.4, -0.2) is 47.2 Å². The maximum Gasteiger partial charge on any atom is 0.417 e. The smallest absolute Gasteiger partial charge is 0.417 e. The fourth-order valence-electron chi connectivity index (χ4n) is 4.94. The zero-order valence-electron chi connectivity index (χ0n) is 20.6. The number of primary amides is 1. The summed E-state index contributed by atoms with van der Waals surface area (Å²) in [6.07, 6.45) is -6.82. The molecular formula is C25H24F7N3O4. The molecule has 0 bridgehead atoms. The van der Waals surface area contributed by atoms with Crippen molar-refractivity contribution < 1.29 is 49.8 Å². The second kappa shape index (κ2) is 9.96. The number of benzene rings is 1. The van der Waals surface area contributed by atoms with Crippen molar-refractivity contribution in [1.29, 1.82) is 0 Å². The summed E-state index contributed by atoms with van der Waals surface area (Å²) >= 11 is 0. The Morgan fingerprint density at radius 3 is 2.46 bits per heavy atom. The molecule has 3 N–H and O–H groups in total. The number of hydrogen-bond acceptors (Lipinski definition) is 5. The van der Waals surface area contributed by atoms with Gasteiger partial charge in [0.15, 0.2) is 17.2 Å². The van der Waals surface area contributed by atoms with Crippen molar-refractivity contribution in [2.45, 2.75) is 56.4 Å². The van der Waals surface area contributed by atoms with Crippen molar-refractivity contribution in [1.82, 2.24) is 4.98 Å². The van der Waals surface area contributed by atoms with E-state index in [0.29, 0.717) is 6.07 Å². The summed E-state index contributed by atoms with van der Waals surface area (Å²) in [7, 11) is 0. The number of ether oxygens (including phenoxy) is 2. The molecule has 39 heavy (non-hydrogen) atoms. The second-order valence-electron chi connectivity index (χ2n) is 9.96. The van der Waals surface area contributed by atoms with Crippen LogP contribution in [0.1, 0.15) is 48.7 Å². The lowest BCUT2D eigenvalue weighted by Crippen LogP contribution is -2.47. The van der Waals surface area contributed by atoms with E-state index in [4.69, 9.17) is 15.2 Å². The molecule has 212 valence electrons. The Bertz CT molecular complexity index is 1280. The second-order valence-corrected chi connectivity index (χ2v) is 9.96. The van der Waals surface area contributed by atoms with Crippen LogP contribution in [0.3, 0.4) is 0 Å². The first kappa shape index (κ1) is 28.6. The number of amides is 2. The van der Waals surface area contributed by atoms with Gasteiger partial charge >= 0.3 is 6.18 Å². The Hall–Kier alpha value is -3.42. The van der Waals surface area contributed by atoms with Gasteiger partial charge in [0, 0.05) is 48.0 Å². The lowest BCUT2D eigenvalue weighted by molar-refractivity contribution is -0.272. The highest BCUT2D eigenvalue weighted by atomic mass is 19.4. The quantitative estimate of drug-likeness (QED) is 0.464. The minimum Gasteiger partial charge on any atom is -0.490 e. The Balaban J connectivity index is 1.71. The third-order valence-electron chi connectivity index (χ3n) is 7.28. The van der Waals surface area contributed by atoms with Crippen molar-refractivity contribution in [2.75, 3.05) is 11.9 Å². The molecule has 1 aliphatic carbocycles. The maximum atomic E-state index is 14.9. The molecule has 2 fully saturated rings. The van der Waals surface area contributed by atoms with E-state index in [0.717, 1.165) is 32.2 Å². The molecule has 4 rings (SSSR count). The monoisotopic (exact) mass is 563 g/mol. The number of nitrogens with one attached hydrogen (secondary N) is 1. The van der Waals surface area contributed by atoms with E-state index in [-0.39, 0.29) is 16.9 Å². The fourth-order valence-corrected chi connectivity index (χ4v) is 4.94. The van der Waals surface area contributed by atoms with Crippen LogP contribution < -0.4 is 15.8 Å². The molecule has 14 heteroatoms. The minimum absolute atomic E-state index is 0.0351. The van der Waals surface area contributed by atoms with Gasteiger partial charge in [0.1, 0.15) is 11.8 Å². The van der Waals surface area contributed by atoms with Gasteiger partial charge < -0.3 is 20.5 Å². The molecule has 0 radical (unpaired) electrons. The zero-order valence-corrected chi connectivity index (χ0v) is 20.6. The van der Waals surface area contributed by atoms with Crippen molar-refractivity contribution >= 4 is 17.5 Å². The zero-order chi connectivity index (χ0) is 28.9. The van der Waals surface area contributed by atoms with Gasteiger partial charge in [-0.05, 0) is 25.1 Å².